The Bertz CT molecular complexity index is 740. The molecule has 1 aromatic carbocycles. The first-order chi connectivity index (χ1) is 9.90. The molecular formula is C14H14FN3O3. The second kappa shape index (κ2) is 5.74. The highest BCUT2D eigenvalue weighted by atomic mass is 19.1. The number of hydrogen-bond donors (Lipinski definition) is 2. The molecule has 0 radical (unpaired) electrons. The molecule has 2 N–H and O–H groups in total. The molecule has 1 heterocycles. The summed E-state index contributed by atoms with van der Waals surface area (Å²) in [6.45, 7) is 3.71. The van der Waals surface area contributed by atoms with Crippen LogP contribution in [0.2, 0.25) is 0 Å². The second-order valence-electron chi connectivity index (χ2n) is 4.71. The van der Waals surface area contributed by atoms with E-state index in [0.29, 0.717) is 0 Å². The molecule has 2 aromatic rings. The maximum atomic E-state index is 13.6. The van der Waals surface area contributed by atoms with Crippen LogP contribution in [0.25, 0.3) is 0 Å². The second-order valence-corrected chi connectivity index (χ2v) is 4.71. The molecule has 1 aromatic heterocycles. The molecule has 0 unspecified atom stereocenters. The summed E-state index contributed by atoms with van der Waals surface area (Å²) in [7, 11) is 0. The molecule has 0 aliphatic rings. The average molecular weight is 291 g/mol. The van der Waals surface area contributed by atoms with E-state index in [0.717, 1.165) is 12.1 Å². The zero-order chi connectivity index (χ0) is 15.6. The highest BCUT2D eigenvalue weighted by molar-refractivity contribution is 5.88. The van der Waals surface area contributed by atoms with Crippen molar-refractivity contribution in [3.63, 3.8) is 0 Å². The van der Waals surface area contributed by atoms with Gasteiger partial charge in [0.25, 0.3) is 5.56 Å². The number of aromatic nitrogens is 2. The van der Waals surface area contributed by atoms with Crippen molar-refractivity contribution in [3.8, 4) is 0 Å². The Morgan fingerprint density at radius 1 is 1.43 bits per heavy atom. The first kappa shape index (κ1) is 14.7. The van der Waals surface area contributed by atoms with E-state index in [1.807, 2.05) is 13.8 Å². The van der Waals surface area contributed by atoms with E-state index in [1.165, 1.54) is 16.8 Å². The quantitative estimate of drug-likeness (QED) is 0.903. The maximum absolute atomic E-state index is 13.6. The van der Waals surface area contributed by atoms with Crippen LogP contribution in [-0.4, -0.2) is 20.6 Å². The number of rotatable bonds is 4. The summed E-state index contributed by atoms with van der Waals surface area (Å²) in [5.74, 6) is -2.18. The lowest BCUT2D eigenvalue weighted by Gasteiger charge is -2.12. The van der Waals surface area contributed by atoms with Crippen LogP contribution in [0.15, 0.2) is 35.4 Å². The Morgan fingerprint density at radius 3 is 2.71 bits per heavy atom. The van der Waals surface area contributed by atoms with Crippen molar-refractivity contribution in [1.82, 2.24) is 9.55 Å². The molecule has 0 aliphatic carbocycles. The van der Waals surface area contributed by atoms with Crippen molar-refractivity contribution in [2.24, 2.45) is 0 Å². The maximum Gasteiger partial charge on any atom is 0.338 e. The molecule has 0 saturated heterocycles. The normalized spacial score (nSPS) is 10.7. The zero-order valence-corrected chi connectivity index (χ0v) is 11.5. The summed E-state index contributed by atoms with van der Waals surface area (Å²) in [4.78, 5) is 26.8. The van der Waals surface area contributed by atoms with Crippen LogP contribution in [0.4, 0.5) is 15.9 Å². The van der Waals surface area contributed by atoms with Gasteiger partial charge >= 0.3 is 5.97 Å². The Kier molecular flexibility index (Phi) is 4.02. The van der Waals surface area contributed by atoms with Gasteiger partial charge in [-0.25, -0.2) is 14.2 Å². The smallest absolute Gasteiger partial charge is 0.338 e. The fraction of sp³-hybridized carbons (Fsp3) is 0.214. The van der Waals surface area contributed by atoms with E-state index < -0.39 is 17.3 Å². The lowest BCUT2D eigenvalue weighted by Crippen LogP contribution is -2.24. The van der Waals surface area contributed by atoms with Crippen LogP contribution >= 0.6 is 0 Å². The van der Waals surface area contributed by atoms with Gasteiger partial charge in [-0.05, 0) is 32.0 Å². The molecular weight excluding hydrogens is 277 g/mol. The van der Waals surface area contributed by atoms with Crippen molar-refractivity contribution in [3.05, 3.63) is 52.3 Å². The third kappa shape index (κ3) is 3.07. The minimum Gasteiger partial charge on any atom is -0.478 e. The van der Waals surface area contributed by atoms with Gasteiger partial charge in [-0.1, -0.05) is 0 Å². The monoisotopic (exact) mass is 291 g/mol. The summed E-state index contributed by atoms with van der Waals surface area (Å²) in [5.41, 5.74) is -0.514. The predicted molar refractivity (Wildman–Crippen MR) is 75.5 cm³/mol. The molecule has 0 atom stereocenters. The summed E-state index contributed by atoms with van der Waals surface area (Å²) >= 11 is 0. The molecule has 6 nitrogen and oxygen atoms in total. The fourth-order valence-corrected chi connectivity index (χ4v) is 1.82. The van der Waals surface area contributed by atoms with E-state index in [-0.39, 0.29) is 23.1 Å². The Balaban J connectivity index is 2.35. The first-order valence-corrected chi connectivity index (χ1v) is 6.27. The summed E-state index contributed by atoms with van der Waals surface area (Å²) in [6.07, 6.45) is 3.03. The van der Waals surface area contributed by atoms with Gasteiger partial charge in [0.2, 0.25) is 0 Å². The zero-order valence-electron chi connectivity index (χ0n) is 11.5. The lowest BCUT2D eigenvalue weighted by atomic mass is 10.2. The van der Waals surface area contributed by atoms with Crippen LogP contribution in [0.1, 0.15) is 30.2 Å². The SMILES string of the molecule is CC(C)n1ccnc(Nc2ccc(C(=O)O)c(F)c2)c1=O. The minimum atomic E-state index is -1.35. The number of carbonyl (C=O) groups is 1. The molecule has 2 rings (SSSR count). The van der Waals surface area contributed by atoms with Gasteiger partial charge in [0.1, 0.15) is 5.82 Å². The predicted octanol–water partition coefficient (Wildman–Crippen LogP) is 2.41. The molecule has 0 aliphatic heterocycles. The molecule has 7 heteroatoms. The van der Waals surface area contributed by atoms with E-state index in [4.69, 9.17) is 5.11 Å². The first-order valence-electron chi connectivity index (χ1n) is 6.27. The summed E-state index contributed by atoms with van der Waals surface area (Å²) in [5, 5.41) is 11.5. The molecule has 0 fully saturated rings. The molecule has 0 bridgehead atoms. The number of nitrogens with one attached hydrogen (secondary N) is 1. The largest absolute Gasteiger partial charge is 0.478 e. The van der Waals surface area contributed by atoms with Crippen LogP contribution < -0.4 is 10.9 Å². The van der Waals surface area contributed by atoms with Gasteiger partial charge in [-0.15, -0.1) is 0 Å². The lowest BCUT2D eigenvalue weighted by molar-refractivity contribution is 0.0692. The van der Waals surface area contributed by atoms with Crippen LogP contribution in [0, 0.1) is 5.82 Å². The van der Waals surface area contributed by atoms with E-state index in [2.05, 4.69) is 10.3 Å². The number of hydrogen-bond acceptors (Lipinski definition) is 4. The van der Waals surface area contributed by atoms with Gasteiger partial charge in [-0.2, -0.15) is 0 Å². The van der Waals surface area contributed by atoms with Crippen molar-refractivity contribution < 1.29 is 14.3 Å². The van der Waals surface area contributed by atoms with Gasteiger partial charge in [-0.3, -0.25) is 4.79 Å². The number of carboxylic acids is 1. The van der Waals surface area contributed by atoms with Crippen molar-refractivity contribution in [2.45, 2.75) is 19.9 Å². The summed E-state index contributed by atoms with van der Waals surface area (Å²) < 4.78 is 15.1. The average Bonchev–Trinajstić information content (AvgIpc) is 2.40. The van der Waals surface area contributed by atoms with Crippen LogP contribution in [-0.2, 0) is 0 Å². The standard InChI is InChI=1S/C14H14FN3O3/c1-8(2)18-6-5-16-12(13(18)19)17-9-3-4-10(14(20)21)11(15)7-9/h3-8H,1-2H3,(H,16,17)(H,20,21). The fourth-order valence-electron chi connectivity index (χ4n) is 1.82. The number of benzene rings is 1. The van der Waals surface area contributed by atoms with Crippen molar-refractivity contribution in [1.29, 1.82) is 0 Å². The molecule has 21 heavy (non-hydrogen) atoms. The third-order valence-electron chi connectivity index (χ3n) is 2.89. The summed E-state index contributed by atoms with van der Waals surface area (Å²) in [6, 6.07) is 3.48. The number of aromatic carboxylic acids is 1. The third-order valence-corrected chi connectivity index (χ3v) is 2.89. The number of anilines is 2. The minimum absolute atomic E-state index is 0.0350. The van der Waals surface area contributed by atoms with E-state index in [9.17, 15) is 14.0 Å². The van der Waals surface area contributed by atoms with Gasteiger partial charge in [0.05, 0.1) is 5.56 Å². The number of carboxylic acid groups (broad SMARTS) is 1. The van der Waals surface area contributed by atoms with Gasteiger partial charge in [0.15, 0.2) is 5.82 Å². The number of nitrogens with zero attached hydrogens (tertiary/aromatic N) is 2. The molecule has 110 valence electrons. The van der Waals surface area contributed by atoms with E-state index in [1.54, 1.807) is 6.20 Å². The highest BCUT2D eigenvalue weighted by Crippen LogP contribution is 2.17. The van der Waals surface area contributed by atoms with E-state index >= 15 is 0 Å². The van der Waals surface area contributed by atoms with Crippen molar-refractivity contribution >= 4 is 17.5 Å². The van der Waals surface area contributed by atoms with Crippen LogP contribution in [0.5, 0.6) is 0 Å². The molecule has 0 amide bonds. The Hall–Kier alpha value is -2.70. The molecule has 0 spiro atoms. The Labute approximate surface area is 119 Å². The topological polar surface area (TPSA) is 84.2 Å². The van der Waals surface area contributed by atoms with Crippen molar-refractivity contribution in [2.75, 3.05) is 5.32 Å². The molecule has 0 saturated carbocycles. The Morgan fingerprint density at radius 2 is 2.14 bits per heavy atom. The van der Waals surface area contributed by atoms with Crippen LogP contribution in [0.3, 0.4) is 0 Å². The number of halogens is 1. The van der Waals surface area contributed by atoms with Gasteiger partial charge < -0.3 is 15.0 Å². The van der Waals surface area contributed by atoms with Gasteiger partial charge in [0, 0.05) is 24.1 Å². The highest BCUT2D eigenvalue weighted by Gasteiger charge is 2.12.